The van der Waals surface area contributed by atoms with Crippen LogP contribution in [-0.4, -0.2) is 25.7 Å². The highest BCUT2D eigenvalue weighted by Crippen LogP contribution is 2.32. The number of thioether (sulfide) groups is 1. The van der Waals surface area contributed by atoms with Gasteiger partial charge in [0.15, 0.2) is 10.3 Å². The van der Waals surface area contributed by atoms with Gasteiger partial charge in [-0.05, 0) is 37.3 Å². The summed E-state index contributed by atoms with van der Waals surface area (Å²) in [6, 6.07) is 12.3. The van der Waals surface area contributed by atoms with Gasteiger partial charge >= 0.3 is 0 Å². The average Bonchev–Trinajstić information content (AvgIpc) is 3.19. The van der Waals surface area contributed by atoms with E-state index in [1.54, 1.807) is 50.4 Å². The van der Waals surface area contributed by atoms with E-state index in [1.807, 2.05) is 11.4 Å². The van der Waals surface area contributed by atoms with Crippen molar-refractivity contribution in [1.29, 1.82) is 0 Å². The zero-order valence-corrected chi connectivity index (χ0v) is 19.6. The van der Waals surface area contributed by atoms with Crippen LogP contribution in [0.2, 0.25) is 10.0 Å². The number of halogens is 2. The van der Waals surface area contributed by atoms with Crippen LogP contribution in [-0.2, 0) is 11.8 Å². The Bertz CT molecular complexity index is 1350. The maximum Gasteiger partial charge on any atom is 0.261 e. The Morgan fingerprint density at radius 2 is 1.97 bits per heavy atom. The van der Waals surface area contributed by atoms with Crippen molar-refractivity contribution < 1.29 is 4.79 Å². The normalized spacial score (nSPS) is 12.1. The lowest BCUT2D eigenvalue weighted by Crippen LogP contribution is -2.25. The number of amides is 1. The van der Waals surface area contributed by atoms with Crippen LogP contribution >= 0.6 is 46.3 Å². The van der Waals surface area contributed by atoms with Crippen LogP contribution in [0.5, 0.6) is 0 Å². The van der Waals surface area contributed by atoms with Crippen LogP contribution in [0.4, 0.5) is 5.13 Å². The molecule has 0 fully saturated rings. The molecule has 0 spiro atoms. The zero-order valence-electron chi connectivity index (χ0n) is 16.4. The van der Waals surface area contributed by atoms with E-state index in [0.29, 0.717) is 36.9 Å². The van der Waals surface area contributed by atoms with Crippen molar-refractivity contribution in [3.8, 4) is 11.3 Å². The van der Waals surface area contributed by atoms with Crippen molar-refractivity contribution in [2.24, 2.45) is 7.05 Å². The summed E-state index contributed by atoms with van der Waals surface area (Å²) in [6.07, 6.45) is 0. The van der Waals surface area contributed by atoms with Gasteiger partial charge in [0.1, 0.15) is 0 Å². The first-order chi connectivity index (χ1) is 14.8. The minimum absolute atomic E-state index is 0.148. The first kappa shape index (κ1) is 21.8. The van der Waals surface area contributed by atoms with Crippen LogP contribution in [0, 0.1) is 0 Å². The second kappa shape index (κ2) is 9.00. The number of rotatable bonds is 5. The molecule has 0 aliphatic rings. The third kappa shape index (κ3) is 4.62. The summed E-state index contributed by atoms with van der Waals surface area (Å²) >= 11 is 14.7. The smallest absolute Gasteiger partial charge is 0.261 e. The number of hydrogen-bond donors (Lipinski definition) is 1. The van der Waals surface area contributed by atoms with Crippen LogP contribution in [0.25, 0.3) is 22.2 Å². The summed E-state index contributed by atoms with van der Waals surface area (Å²) in [4.78, 5) is 34.3. The number of para-hydroxylation sites is 1. The molecule has 2 heterocycles. The fourth-order valence-electron chi connectivity index (χ4n) is 2.87. The van der Waals surface area contributed by atoms with Gasteiger partial charge in [-0.15, -0.1) is 11.3 Å². The number of aromatic nitrogens is 3. The standard InChI is InChI=1S/C21H16Cl2N4O2S2/c1-11(31-21-25-16-6-4-3-5-14(16)19(29)27(21)2)18(28)26-20-24-17(10-30-20)13-8-7-12(22)9-15(13)23/h3-11H,1-2H3,(H,24,26,28). The van der Waals surface area contributed by atoms with Crippen molar-refractivity contribution in [2.45, 2.75) is 17.3 Å². The molecule has 0 aliphatic heterocycles. The number of hydrogen-bond acceptors (Lipinski definition) is 6. The first-order valence-corrected chi connectivity index (χ1v) is 11.7. The Morgan fingerprint density at radius 3 is 2.74 bits per heavy atom. The largest absolute Gasteiger partial charge is 0.301 e. The number of nitrogens with one attached hydrogen (secondary N) is 1. The van der Waals surface area contributed by atoms with E-state index in [0.717, 1.165) is 5.56 Å². The molecular weight excluding hydrogens is 475 g/mol. The van der Waals surface area contributed by atoms with Gasteiger partial charge in [0.2, 0.25) is 5.91 Å². The molecule has 1 amide bonds. The monoisotopic (exact) mass is 490 g/mol. The van der Waals surface area contributed by atoms with E-state index in [1.165, 1.54) is 27.7 Å². The minimum atomic E-state index is -0.495. The number of anilines is 1. The van der Waals surface area contributed by atoms with Gasteiger partial charge in [-0.2, -0.15) is 0 Å². The molecule has 0 saturated heterocycles. The van der Waals surface area contributed by atoms with E-state index < -0.39 is 5.25 Å². The zero-order chi connectivity index (χ0) is 22.1. The Kier molecular flexibility index (Phi) is 6.34. The number of fused-ring (bicyclic) bond motifs is 1. The van der Waals surface area contributed by atoms with E-state index in [2.05, 4.69) is 15.3 Å². The summed E-state index contributed by atoms with van der Waals surface area (Å²) in [5.41, 5.74) is 1.84. The molecule has 0 saturated carbocycles. The van der Waals surface area contributed by atoms with Crippen molar-refractivity contribution in [3.05, 3.63) is 68.2 Å². The highest BCUT2D eigenvalue weighted by molar-refractivity contribution is 8.00. The van der Waals surface area contributed by atoms with E-state index >= 15 is 0 Å². The molecule has 1 unspecified atom stereocenters. The third-order valence-electron chi connectivity index (χ3n) is 4.53. The maximum atomic E-state index is 12.7. The summed E-state index contributed by atoms with van der Waals surface area (Å²) in [7, 11) is 1.65. The number of carbonyl (C=O) groups excluding carboxylic acids is 1. The Hall–Kier alpha value is -2.39. The molecule has 2 aromatic heterocycles. The average molecular weight is 491 g/mol. The number of thiazole rings is 1. The Morgan fingerprint density at radius 1 is 1.19 bits per heavy atom. The van der Waals surface area contributed by atoms with Crippen molar-refractivity contribution in [3.63, 3.8) is 0 Å². The Balaban J connectivity index is 1.50. The lowest BCUT2D eigenvalue weighted by atomic mass is 10.2. The number of carbonyl (C=O) groups is 1. The second-order valence-electron chi connectivity index (χ2n) is 6.69. The predicted octanol–water partition coefficient (Wildman–Crippen LogP) is 5.48. The second-order valence-corrected chi connectivity index (χ2v) is 9.70. The molecule has 158 valence electrons. The molecular formula is C21H16Cl2N4O2S2. The molecule has 4 rings (SSSR count). The van der Waals surface area contributed by atoms with E-state index in [-0.39, 0.29) is 11.5 Å². The van der Waals surface area contributed by atoms with Crippen molar-refractivity contribution in [2.75, 3.05) is 5.32 Å². The van der Waals surface area contributed by atoms with Gasteiger partial charge in [-0.3, -0.25) is 14.2 Å². The van der Waals surface area contributed by atoms with Crippen molar-refractivity contribution >= 4 is 68.2 Å². The van der Waals surface area contributed by atoms with Gasteiger partial charge in [-0.1, -0.05) is 47.1 Å². The molecule has 4 aromatic rings. The molecule has 0 radical (unpaired) electrons. The van der Waals surface area contributed by atoms with Gasteiger partial charge in [0.25, 0.3) is 5.56 Å². The summed E-state index contributed by atoms with van der Waals surface area (Å²) < 4.78 is 1.46. The van der Waals surface area contributed by atoms with Crippen molar-refractivity contribution in [1.82, 2.24) is 14.5 Å². The fraction of sp³-hybridized carbons (Fsp3) is 0.143. The first-order valence-electron chi connectivity index (χ1n) is 9.17. The highest BCUT2D eigenvalue weighted by atomic mass is 35.5. The molecule has 2 aromatic carbocycles. The van der Waals surface area contributed by atoms with Crippen LogP contribution < -0.4 is 10.9 Å². The molecule has 10 heteroatoms. The van der Waals surface area contributed by atoms with E-state index in [4.69, 9.17) is 23.2 Å². The molecule has 1 N–H and O–H groups in total. The molecule has 31 heavy (non-hydrogen) atoms. The minimum Gasteiger partial charge on any atom is -0.301 e. The maximum absolute atomic E-state index is 12.7. The van der Waals surface area contributed by atoms with Crippen LogP contribution in [0.3, 0.4) is 0 Å². The predicted molar refractivity (Wildman–Crippen MR) is 129 cm³/mol. The van der Waals surface area contributed by atoms with Crippen LogP contribution in [0.15, 0.2) is 57.8 Å². The lowest BCUT2D eigenvalue weighted by Gasteiger charge is -2.13. The molecule has 6 nitrogen and oxygen atoms in total. The Labute approximate surface area is 196 Å². The van der Waals surface area contributed by atoms with E-state index in [9.17, 15) is 9.59 Å². The van der Waals surface area contributed by atoms with Gasteiger partial charge in [0.05, 0.1) is 26.9 Å². The number of benzene rings is 2. The fourth-order valence-corrected chi connectivity index (χ4v) is 4.97. The third-order valence-corrected chi connectivity index (χ3v) is 6.98. The van der Waals surface area contributed by atoms with Crippen LogP contribution in [0.1, 0.15) is 6.92 Å². The van der Waals surface area contributed by atoms with Gasteiger partial charge in [-0.25, -0.2) is 9.97 Å². The van der Waals surface area contributed by atoms with Gasteiger partial charge < -0.3 is 5.32 Å². The number of nitrogens with zero attached hydrogens (tertiary/aromatic N) is 3. The molecule has 1 atom stereocenters. The lowest BCUT2D eigenvalue weighted by molar-refractivity contribution is -0.115. The summed E-state index contributed by atoms with van der Waals surface area (Å²) in [5.74, 6) is -0.240. The highest BCUT2D eigenvalue weighted by Gasteiger charge is 2.20. The molecule has 0 aliphatic carbocycles. The van der Waals surface area contributed by atoms with Gasteiger partial charge in [0, 0.05) is 23.0 Å². The topological polar surface area (TPSA) is 76.9 Å². The summed E-state index contributed by atoms with van der Waals surface area (Å²) in [5, 5.41) is 6.64. The SMILES string of the molecule is CC(Sc1nc2ccccc2c(=O)n1C)C(=O)Nc1nc(-c2ccc(Cl)cc2Cl)cs1. The summed E-state index contributed by atoms with van der Waals surface area (Å²) in [6.45, 7) is 1.76. The quantitative estimate of drug-likeness (QED) is 0.295. The molecule has 0 bridgehead atoms.